The third-order valence-electron chi connectivity index (χ3n) is 7.74. The molecule has 1 aromatic carbocycles. The highest BCUT2D eigenvalue weighted by Crippen LogP contribution is 2.44. The maximum absolute atomic E-state index is 13.0. The van der Waals surface area contributed by atoms with Crippen molar-refractivity contribution in [2.24, 2.45) is 0 Å². The number of ketones is 1. The van der Waals surface area contributed by atoms with Crippen LogP contribution in [0.2, 0.25) is 0 Å². The van der Waals surface area contributed by atoms with Crippen molar-refractivity contribution in [3.8, 4) is 54.3 Å². The smallest absolute Gasteiger partial charge is 0.472 e. The molecule has 0 heterocycles. The fourth-order valence-electron chi connectivity index (χ4n) is 5.11. The van der Waals surface area contributed by atoms with E-state index in [1.165, 1.54) is 69.9 Å². The van der Waals surface area contributed by atoms with E-state index in [1.54, 1.807) is 0 Å². The van der Waals surface area contributed by atoms with Gasteiger partial charge in [-0.15, -0.1) is 19.3 Å². The first-order valence-corrected chi connectivity index (χ1v) is 19.9. The molecule has 0 aliphatic carbocycles. The van der Waals surface area contributed by atoms with Crippen molar-refractivity contribution in [1.82, 2.24) is 0 Å². The average Bonchev–Trinajstić information content (AvgIpc) is 3.13. The predicted molar refractivity (Wildman–Crippen MR) is 202 cm³/mol. The van der Waals surface area contributed by atoms with Crippen LogP contribution in [0.5, 0.6) is 17.2 Å². The molecular weight excluding hydrogens is 703 g/mol. The quantitative estimate of drug-likeness (QED) is 0.0251. The number of unbranched alkanes of at least 4 members (excludes halogenated alkanes) is 12. The van der Waals surface area contributed by atoms with Crippen molar-refractivity contribution in [2.75, 3.05) is 39.6 Å². The lowest BCUT2D eigenvalue weighted by molar-refractivity contribution is -0.159. The number of Topliss-reactive ketones (excluding diaryl/α,β-unsaturated/α-hetero) is 1. The average molecular weight is 761 g/mol. The van der Waals surface area contributed by atoms with Gasteiger partial charge in [-0.2, -0.15) is 0 Å². The molecule has 0 fully saturated rings. The third kappa shape index (κ3) is 23.3. The first kappa shape index (κ1) is 47.0. The molecule has 294 valence electrons. The molecule has 1 unspecified atom stereocenters. The van der Waals surface area contributed by atoms with E-state index in [2.05, 4.69) is 24.7 Å². The van der Waals surface area contributed by atoms with Crippen LogP contribution >= 0.6 is 7.82 Å². The Morgan fingerprint density at radius 2 is 1.23 bits per heavy atom. The van der Waals surface area contributed by atoms with Gasteiger partial charge < -0.3 is 28.6 Å². The van der Waals surface area contributed by atoms with Crippen molar-refractivity contribution in [3.05, 3.63) is 17.7 Å². The SMILES string of the molecule is C#CCOc1cc(C(=O)CCCOP(=O)(O)OC[C@@H](COC(=O)CCCCCCCCCCCCCCC)OC(C)=O)cc(OCC#C)c1OCC#C. The number of esters is 2. The van der Waals surface area contributed by atoms with Crippen molar-refractivity contribution < 1.29 is 56.6 Å². The van der Waals surface area contributed by atoms with Gasteiger partial charge in [0.1, 0.15) is 26.4 Å². The third-order valence-corrected chi connectivity index (χ3v) is 8.72. The van der Waals surface area contributed by atoms with Crippen molar-refractivity contribution in [3.63, 3.8) is 0 Å². The Labute approximate surface area is 315 Å². The minimum atomic E-state index is -4.62. The fraction of sp³-hybridized carbons (Fsp3) is 0.625. The van der Waals surface area contributed by atoms with E-state index >= 15 is 0 Å². The summed E-state index contributed by atoms with van der Waals surface area (Å²) < 4.78 is 49.4. The molecule has 12 nitrogen and oxygen atoms in total. The van der Waals surface area contributed by atoms with Crippen LogP contribution < -0.4 is 14.2 Å². The number of phosphoric acid groups is 1. The van der Waals surface area contributed by atoms with Crippen molar-refractivity contribution >= 4 is 25.5 Å². The molecule has 53 heavy (non-hydrogen) atoms. The van der Waals surface area contributed by atoms with Gasteiger partial charge in [-0.05, 0) is 25.0 Å². The van der Waals surface area contributed by atoms with E-state index in [4.69, 9.17) is 52.0 Å². The van der Waals surface area contributed by atoms with Gasteiger partial charge in [-0.1, -0.05) is 102 Å². The molecule has 2 atom stereocenters. The molecule has 0 amide bonds. The molecule has 1 N–H and O–H groups in total. The Balaban J connectivity index is 2.48. The molecule has 0 aliphatic rings. The zero-order valence-corrected chi connectivity index (χ0v) is 32.3. The Bertz CT molecular complexity index is 1360. The molecule has 1 aromatic rings. The lowest BCUT2D eigenvalue weighted by Gasteiger charge is -2.19. The van der Waals surface area contributed by atoms with E-state index in [9.17, 15) is 23.8 Å². The van der Waals surface area contributed by atoms with E-state index < -0.39 is 32.5 Å². The topological polar surface area (TPSA) is 153 Å². The van der Waals surface area contributed by atoms with Crippen LogP contribution in [0.3, 0.4) is 0 Å². The molecule has 0 spiro atoms. The molecule has 0 bridgehead atoms. The van der Waals surface area contributed by atoms with Crippen LogP contribution in [0.25, 0.3) is 0 Å². The molecule has 0 saturated carbocycles. The number of hydrogen-bond donors (Lipinski definition) is 1. The Kier molecular flexibility index (Phi) is 26.2. The van der Waals surface area contributed by atoms with Gasteiger partial charge in [0.2, 0.25) is 5.75 Å². The van der Waals surface area contributed by atoms with E-state index in [0.717, 1.165) is 26.2 Å². The summed E-state index contributed by atoms with van der Waals surface area (Å²) in [4.78, 5) is 47.0. The first-order valence-electron chi connectivity index (χ1n) is 18.4. The highest BCUT2D eigenvalue weighted by Gasteiger charge is 2.26. The summed E-state index contributed by atoms with van der Waals surface area (Å²) in [7, 11) is -4.62. The summed E-state index contributed by atoms with van der Waals surface area (Å²) in [5.41, 5.74) is 0.174. The number of terminal acetylenes is 3. The largest absolute Gasteiger partial charge is 0.477 e. The fourth-order valence-corrected chi connectivity index (χ4v) is 5.90. The van der Waals surface area contributed by atoms with Crippen LogP contribution in [0.4, 0.5) is 0 Å². The Hall–Kier alpha value is -3.98. The minimum Gasteiger partial charge on any atom is -0.477 e. The molecule has 0 radical (unpaired) electrons. The number of ether oxygens (including phenoxy) is 5. The van der Waals surface area contributed by atoms with Gasteiger partial charge >= 0.3 is 19.8 Å². The normalized spacial score (nSPS) is 12.3. The zero-order valence-electron chi connectivity index (χ0n) is 31.4. The van der Waals surface area contributed by atoms with Gasteiger partial charge in [0.05, 0.1) is 13.2 Å². The Morgan fingerprint density at radius 3 is 1.74 bits per heavy atom. The summed E-state index contributed by atoms with van der Waals surface area (Å²) in [5.74, 6) is 5.83. The highest BCUT2D eigenvalue weighted by atomic mass is 31.2. The number of carbonyl (C=O) groups excluding carboxylic acids is 3. The minimum absolute atomic E-state index is 0.0351. The monoisotopic (exact) mass is 760 g/mol. The number of hydrogen-bond acceptors (Lipinski definition) is 11. The highest BCUT2D eigenvalue weighted by molar-refractivity contribution is 7.47. The second-order valence-corrected chi connectivity index (χ2v) is 13.8. The standard InChI is InChI=1S/C40H57O12P/c1-6-10-11-12-13-14-15-16-17-18-19-20-21-24-39(43)49-31-35(52-33(5)41)32-51-53(44,45)50-28-22-23-36(42)34-29-37(46-25-7-2)40(48-27-9-4)38(30-34)47-26-8-3/h2-4,29-30,35H,6,10-28,31-32H2,1,5H3,(H,44,45)/t35-/m1/s1. The molecule has 0 saturated heterocycles. The van der Waals surface area contributed by atoms with E-state index in [1.807, 2.05) is 0 Å². The second kappa shape index (κ2) is 29.5. The summed E-state index contributed by atoms with van der Waals surface area (Å²) in [6.07, 6.45) is 30.4. The van der Waals surface area contributed by atoms with Gasteiger partial charge in [0.25, 0.3) is 0 Å². The zero-order chi connectivity index (χ0) is 39.2. The Morgan fingerprint density at radius 1 is 0.717 bits per heavy atom. The van der Waals surface area contributed by atoms with Crippen LogP contribution in [-0.4, -0.2) is 68.4 Å². The lowest BCUT2D eigenvalue weighted by Crippen LogP contribution is -2.28. The van der Waals surface area contributed by atoms with E-state index in [-0.39, 0.29) is 80.9 Å². The summed E-state index contributed by atoms with van der Waals surface area (Å²) >= 11 is 0. The maximum atomic E-state index is 13.0. The van der Waals surface area contributed by atoms with Crippen LogP contribution in [0.1, 0.15) is 127 Å². The van der Waals surface area contributed by atoms with Crippen LogP contribution in [-0.2, 0) is 32.7 Å². The van der Waals surface area contributed by atoms with Crippen molar-refractivity contribution in [1.29, 1.82) is 0 Å². The number of carbonyl (C=O) groups is 3. The summed E-state index contributed by atoms with van der Waals surface area (Å²) in [6, 6.07) is 2.83. The van der Waals surface area contributed by atoms with Gasteiger partial charge in [-0.25, -0.2) is 4.57 Å². The molecule has 1 rings (SSSR count). The second-order valence-electron chi connectivity index (χ2n) is 12.3. The molecule has 0 aliphatic heterocycles. The first-order chi connectivity index (χ1) is 25.6. The van der Waals surface area contributed by atoms with Gasteiger partial charge in [-0.3, -0.25) is 23.4 Å². The van der Waals surface area contributed by atoms with Crippen molar-refractivity contribution in [2.45, 2.75) is 123 Å². The predicted octanol–water partition coefficient (Wildman–Crippen LogP) is 7.78. The van der Waals surface area contributed by atoms with Crippen LogP contribution in [0.15, 0.2) is 12.1 Å². The maximum Gasteiger partial charge on any atom is 0.472 e. The molecule has 13 heteroatoms. The number of benzene rings is 1. The summed E-state index contributed by atoms with van der Waals surface area (Å²) in [6.45, 7) is 1.78. The molecular formula is C40H57O12P. The summed E-state index contributed by atoms with van der Waals surface area (Å²) in [5, 5.41) is 0. The number of rotatable bonds is 32. The van der Waals surface area contributed by atoms with Gasteiger partial charge in [0, 0.05) is 25.3 Å². The van der Waals surface area contributed by atoms with E-state index in [0.29, 0.717) is 6.42 Å². The molecule has 0 aromatic heterocycles. The van der Waals surface area contributed by atoms with Gasteiger partial charge in [0.15, 0.2) is 23.4 Å². The van der Waals surface area contributed by atoms with Crippen LogP contribution in [0, 0.1) is 37.0 Å². The lowest BCUT2D eigenvalue weighted by atomic mass is 10.0. The number of phosphoric ester groups is 1.